The normalized spacial score (nSPS) is 22.6. The van der Waals surface area contributed by atoms with E-state index in [0.29, 0.717) is 24.1 Å². The Morgan fingerprint density at radius 2 is 2.11 bits per heavy atom. The third-order valence-corrected chi connectivity index (χ3v) is 3.71. The molecule has 1 fully saturated rings. The minimum absolute atomic E-state index is 0.164. The number of carboxylic acid groups (broad SMARTS) is 1. The number of aryl methyl sites for hydroxylation is 1. The number of hydrogen-bond donors (Lipinski definition) is 1. The quantitative estimate of drug-likeness (QED) is 0.890. The van der Waals surface area contributed by atoms with Gasteiger partial charge in [-0.2, -0.15) is 0 Å². The van der Waals surface area contributed by atoms with Gasteiger partial charge in [-0.25, -0.2) is 4.39 Å². The van der Waals surface area contributed by atoms with E-state index in [2.05, 4.69) is 0 Å². The Morgan fingerprint density at radius 3 is 2.68 bits per heavy atom. The van der Waals surface area contributed by atoms with Gasteiger partial charge in [-0.05, 0) is 38.0 Å². The molecule has 4 nitrogen and oxygen atoms in total. The van der Waals surface area contributed by atoms with E-state index in [0.717, 1.165) is 0 Å². The first-order valence-electron chi connectivity index (χ1n) is 6.12. The summed E-state index contributed by atoms with van der Waals surface area (Å²) < 4.78 is 13.2. The highest BCUT2D eigenvalue weighted by atomic mass is 19.1. The molecule has 1 aromatic rings. The molecule has 0 aliphatic carbocycles. The number of likely N-dealkylation sites (tertiary alicyclic amines) is 1. The van der Waals surface area contributed by atoms with Gasteiger partial charge in [0.05, 0.1) is 5.41 Å². The Labute approximate surface area is 110 Å². The maximum Gasteiger partial charge on any atom is 0.311 e. The molecule has 0 radical (unpaired) electrons. The molecule has 102 valence electrons. The van der Waals surface area contributed by atoms with Crippen LogP contribution in [0.5, 0.6) is 0 Å². The van der Waals surface area contributed by atoms with E-state index in [1.807, 2.05) is 0 Å². The Balaban J connectivity index is 2.22. The van der Waals surface area contributed by atoms with E-state index in [9.17, 15) is 14.0 Å². The number of aliphatic carboxylic acids is 1. The summed E-state index contributed by atoms with van der Waals surface area (Å²) in [7, 11) is 0. The van der Waals surface area contributed by atoms with Gasteiger partial charge in [0, 0.05) is 18.7 Å². The van der Waals surface area contributed by atoms with Crippen molar-refractivity contribution in [1.29, 1.82) is 0 Å². The molecule has 0 saturated carbocycles. The molecule has 0 unspecified atom stereocenters. The van der Waals surface area contributed by atoms with Gasteiger partial charge in [0.2, 0.25) is 0 Å². The zero-order chi connectivity index (χ0) is 14.2. The summed E-state index contributed by atoms with van der Waals surface area (Å²) in [6.45, 7) is 3.91. The third kappa shape index (κ3) is 2.45. The van der Waals surface area contributed by atoms with E-state index in [-0.39, 0.29) is 12.5 Å². The number of carbonyl (C=O) groups is 2. The van der Waals surface area contributed by atoms with Crippen LogP contribution in [-0.4, -0.2) is 35.0 Å². The summed E-state index contributed by atoms with van der Waals surface area (Å²) in [5.74, 6) is -1.67. The maximum atomic E-state index is 13.2. The number of benzene rings is 1. The van der Waals surface area contributed by atoms with Gasteiger partial charge >= 0.3 is 5.97 Å². The summed E-state index contributed by atoms with van der Waals surface area (Å²) in [6, 6.07) is 4.06. The number of carboxylic acids is 1. The van der Waals surface area contributed by atoms with E-state index in [4.69, 9.17) is 5.11 Å². The van der Waals surface area contributed by atoms with Crippen molar-refractivity contribution in [3.63, 3.8) is 0 Å². The number of rotatable bonds is 2. The summed E-state index contributed by atoms with van der Waals surface area (Å²) in [5.41, 5.74) is 0.0848. The van der Waals surface area contributed by atoms with Crippen LogP contribution in [0.25, 0.3) is 0 Å². The van der Waals surface area contributed by atoms with Crippen molar-refractivity contribution >= 4 is 11.9 Å². The molecular weight excluding hydrogens is 249 g/mol. The van der Waals surface area contributed by atoms with Crippen molar-refractivity contribution in [2.24, 2.45) is 5.41 Å². The van der Waals surface area contributed by atoms with E-state index < -0.39 is 17.2 Å². The van der Waals surface area contributed by atoms with Gasteiger partial charge in [0.15, 0.2) is 0 Å². The lowest BCUT2D eigenvalue weighted by molar-refractivity contribution is -0.147. The molecule has 0 spiro atoms. The Bertz CT molecular complexity index is 543. The molecule has 2 rings (SSSR count). The highest BCUT2D eigenvalue weighted by molar-refractivity contribution is 5.96. The molecule has 0 aromatic heterocycles. The fourth-order valence-electron chi connectivity index (χ4n) is 2.30. The fourth-order valence-corrected chi connectivity index (χ4v) is 2.30. The van der Waals surface area contributed by atoms with Crippen LogP contribution in [0.2, 0.25) is 0 Å². The lowest BCUT2D eigenvalue weighted by Gasteiger charge is -2.20. The number of amides is 1. The number of nitrogens with zero attached hydrogens (tertiary/aromatic N) is 1. The van der Waals surface area contributed by atoms with Crippen LogP contribution in [0, 0.1) is 18.2 Å². The molecule has 1 heterocycles. The summed E-state index contributed by atoms with van der Waals surface area (Å²) >= 11 is 0. The standard InChI is InChI=1S/C14H16FNO3/c1-9-3-4-10(15)7-11(9)12(17)16-6-5-14(2,8-16)13(18)19/h3-4,7H,5-6,8H2,1-2H3,(H,18,19)/t14-/m1/s1. The van der Waals surface area contributed by atoms with Gasteiger partial charge in [-0.1, -0.05) is 6.07 Å². The average molecular weight is 265 g/mol. The second-order valence-electron chi connectivity index (χ2n) is 5.30. The van der Waals surface area contributed by atoms with Crippen LogP contribution in [-0.2, 0) is 4.79 Å². The molecule has 1 aliphatic rings. The molecule has 5 heteroatoms. The monoisotopic (exact) mass is 265 g/mol. The minimum Gasteiger partial charge on any atom is -0.481 e. The van der Waals surface area contributed by atoms with Crippen molar-refractivity contribution < 1.29 is 19.1 Å². The van der Waals surface area contributed by atoms with Gasteiger partial charge in [0.25, 0.3) is 5.91 Å². The zero-order valence-corrected chi connectivity index (χ0v) is 10.9. The van der Waals surface area contributed by atoms with E-state index in [1.165, 1.54) is 17.0 Å². The van der Waals surface area contributed by atoms with Crippen LogP contribution in [0.3, 0.4) is 0 Å². The van der Waals surface area contributed by atoms with Gasteiger partial charge in [-0.15, -0.1) is 0 Å². The highest BCUT2D eigenvalue weighted by Gasteiger charge is 2.42. The Kier molecular flexibility index (Phi) is 3.30. The predicted molar refractivity (Wildman–Crippen MR) is 67.4 cm³/mol. The molecule has 1 amide bonds. The molecular formula is C14H16FNO3. The van der Waals surface area contributed by atoms with E-state index in [1.54, 1.807) is 19.9 Å². The van der Waals surface area contributed by atoms with Gasteiger partial charge < -0.3 is 10.0 Å². The van der Waals surface area contributed by atoms with Crippen molar-refractivity contribution in [2.75, 3.05) is 13.1 Å². The Morgan fingerprint density at radius 1 is 1.42 bits per heavy atom. The molecule has 0 bridgehead atoms. The Hall–Kier alpha value is -1.91. The van der Waals surface area contributed by atoms with Crippen LogP contribution in [0.15, 0.2) is 18.2 Å². The molecule has 1 aromatic carbocycles. The molecule has 1 N–H and O–H groups in total. The van der Waals surface area contributed by atoms with Crippen molar-refractivity contribution in [2.45, 2.75) is 20.3 Å². The lowest BCUT2D eigenvalue weighted by atomic mass is 9.90. The van der Waals surface area contributed by atoms with Crippen LogP contribution < -0.4 is 0 Å². The smallest absolute Gasteiger partial charge is 0.311 e. The summed E-state index contributed by atoms with van der Waals surface area (Å²) in [6.07, 6.45) is 0.419. The largest absolute Gasteiger partial charge is 0.481 e. The molecule has 1 saturated heterocycles. The van der Waals surface area contributed by atoms with Crippen molar-refractivity contribution in [1.82, 2.24) is 4.90 Å². The highest BCUT2D eigenvalue weighted by Crippen LogP contribution is 2.31. The zero-order valence-electron chi connectivity index (χ0n) is 10.9. The topological polar surface area (TPSA) is 57.6 Å². The predicted octanol–water partition coefficient (Wildman–Crippen LogP) is 2.07. The first-order chi connectivity index (χ1) is 8.83. The summed E-state index contributed by atoms with van der Waals surface area (Å²) in [4.78, 5) is 24.9. The average Bonchev–Trinajstić information content (AvgIpc) is 2.76. The first-order valence-corrected chi connectivity index (χ1v) is 6.12. The van der Waals surface area contributed by atoms with Gasteiger partial charge in [-0.3, -0.25) is 9.59 Å². The molecule has 1 atom stereocenters. The second-order valence-corrected chi connectivity index (χ2v) is 5.30. The van der Waals surface area contributed by atoms with Crippen molar-refractivity contribution in [3.8, 4) is 0 Å². The number of halogens is 1. The molecule has 19 heavy (non-hydrogen) atoms. The SMILES string of the molecule is Cc1ccc(F)cc1C(=O)N1CC[C@@](C)(C(=O)O)C1. The summed E-state index contributed by atoms with van der Waals surface area (Å²) in [5, 5.41) is 9.14. The molecule has 1 aliphatic heterocycles. The van der Waals surface area contributed by atoms with Crippen LogP contribution >= 0.6 is 0 Å². The number of hydrogen-bond acceptors (Lipinski definition) is 2. The van der Waals surface area contributed by atoms with Crippen LogP contribution in [0.1, 0.15) is 29.3 Å². The maximum absolute atomic E-state index is 13.2. The van der Waals surface area contributed by atoms with E-state index >= 15 is 0 Å². The minimum atomic E-state index is -0.906. The van der Waals surface area contributed by atoms with Crippen molar-refractivity contribution in [3.05, 3.63) is 35.1 Å². The first kappa shape index (κ1) is 13.5. The third-order valence-electron chi connectivity index (χ3n) is 3.71. The fraction of sp³-hybridized carbons (Fsp3) is 0.429. The van der Waals surface area contributed by atoms with Gasteiger partial charge in [0.1, 0.15) is 5.82 Å². The lowest BCUT2D eigenvalue weighted by Crippen LogP contribution is -2.35. The number of carbonyl (C=O) groups excluding carboxylic acids is 1. The van der Waals surface area contributed by atoms with Crippen LogP contribution in [0.4, 0.5) is 4.39 Å². The second kappa shape index (κ2) is 4.64.